The molecule has 0 aromatic rings. The number of unbranched alkanes of at least 4 members (excludes halogenated alkanes) is 29. The third kappa shape index (κ3) is 29.2. The number of amides is 2. The Kier molecular flexibility index (Phi) is 44.6. The van der Waals surface area contributed by atoms with E-state index < -0.39 is 211 Å². The maximum atomic E-state index is 13.5. The Balaban J connectivity index is 1.18. The van der Waals surface area contributed by atoms with Crippen molar-refractivity contribution in [3.8, 4) is 0 Å². The number of nitrogens with one attached hydrogen (secondary N) is 2. The fourth-order valence-electron chi connectivity index (χ4n) is 13.9. The van der Waals surface area contributed by atoms with Gasteiger partial charge >= 0.3 is 0 Å². The van der Waals surface area contributed by atoms with Gasteiger partial charge in [-0.25, -0.2) is 0 Å². The van der Waals surface area contributed by atoms with E-state index in [4.69, 9.17) is 47.4 Å². The van der Waals surface area contributed by atoms with E-state index in [1.807, 2.05) is 6.08 Å². The molecule has 0 saturated carbocycles. The van der Waals surface area contributed by atoms with Crippen LogP contribution in [0.25, 0.3) is 0 Å². The zero-order chi connectivity index (χ0) is 74.5. The zero-order valence-electron chi connectivity index (χ0n) is 60.7. The largest absolute Gasteiger partial charge is 0.394 e. The molecule has 5 aliphatic heterocycles. The number of ether oxygens (including phenoxy) is 10. The van der Waals surface area contributed by atoms with E-state index in [2.05, 4.69) is 24.5 Å². The molecule has 5 heterocycles. The molecule has 0 aromatic carbocycles. The summed E-state index contributed by atoms with van der Waals surface area (Å²) >= 11 is 0. The van der Waals surface area contributed by atoms with Gasteiger partial charge in [-0.3, -0.25) is 9.59 Å². The standard InChI is InChI=1S/C72H132N2O28/c1-4-6-8-10-12-14-16-18-19-20-21-22-23-25-27-29-31-33-35-37-52(82)74-45(46(81)36-34-32-30-28-26-24-17-15-13-11-9-7-5-2)43-93-69-61(90)59(88)65(51(42-79)98-69)100-71-63(92)67(56(85)49(40-77)95-71)102-72-62(91)66(55(84)48(39-76)96-72)101-68-53(73-44(3)80)57(86)64(50(41-78)97-68)99-70-60(89)58(87)54(83)47(38-75)94-70/h34,36,45-51,53-72,75-79,81,83-92H,4-33,35,37-43H2,1-3H3,(H,73,80)(H,74,82)/b36-34+/t45-,46+,47?,48?,49?,50?,51?,53?,54-,55-,56-,57+,58-,59+,60?,61?,62?,63?,64+,65+,66-,67-,68-,69+,70-,71-,72+/m0/s1. The van der Waals surface area contributed by atoms with Gasteiger partial charge in [0.1, 0.15) is 122 Å². The van der Waals surface area contributed by atoms with Gasteiger partial charge < -0.3 is 140 Å². The summed E-state index contributed by atoms with van der Waals surface area (Å²) in [5.74, 6) is -1.13. The predicted molar refractivity (Wildman–Crippen MR) is 368 cm³/mol. The number of aliphatic hydroxyl groups excluding tert-OH is 16. The molecule has 2 amide bonds. The lowest BCUT2D eigenvalue weighted by Gasteiger charge is -2.50. The van der Waals surface area contributed by atoms with E-state index in [0.717, 1.165) is 58.3 Å². The quantitative estimate of drug-likeness (QED) is 0.0300. The van der Waals surface area contributed by atoms with Crippen molar-refractivity contribution in [2.75, 3.05) is 39.6 Å². The van der Waals surface area contributed by atoms with Crippen molar-refractivity contribution in [3.63, 3.8) is 0 Å². The molecule has 0 bridgehead atoms. The summed E-state index contributed by atoms with van der Waals surface area (Å²) in [4.78, 5) is 26.1. The van der Waals surface area contributed by atoms with E-state index >= 15 is 0 Å². The summed E-state index contributed by atoms with van der Waals surface area (Å²) in [7, 11) is 0. The number of carbonyl (C=O) groups excluding carboxylic acids is 2. The molecular weight excluding hydrogens is 1340 g/mol. The monoisotopic (exact) mass is 1470 g/mol. The molecule has 0 aromatic heterocycles. The lowest BCUT2D eigenvalue weighted by atomic mass is 9.94. The Morgan fingerprint density at radius 3 is 1.15 bits per heavy atom. The van der Waals surface area contributed by atoms with Crippen LogP contribution in [0.5, 0.6) is 0 Å². The first-order valence-electron chi connectivity index (χ1n) is 38.5. The van der Waals surface area contributed by atoms with E-state index in [9.17, 15) is 91.3 Å². The molecule has 102 heavy (non-hydrogen) atoms. The maximum Gasteiger partial charge on any atom is 0.220 e. The van der Waals surface area contributed by atoms with Crippen molar-refractivity contribution < 1.29 is 139 Å². The van der Waals surface area contributed by atoms with Crippen molar-refractivity contribution in [2.24, 2.45) is 0 Å². The Morgan fingerprint density at radius 1 is 0.382 bits per heavy atom. The first-order chi connectivity index (χ1) is 49.2. The molecule has 5 fully saturated rings. The highest BCUT2D eigenvalue weighted by molar-refractivity contribution is 5.76. The Bertz CT molecular complexity index is 2220. The lowest BCUT2D eigenvalue weighted by molar-refractivity contribution is -0.390. The van der Waals surface area contributed by atoms with Crippen LogP contribution in [0.2, 0.25) is 0 Å². The summed E-state index contributed by atoms with van der Waals surface area (Å²) in [6.07, 6.45) is -5.97. The molecular formula is C72H132N2O28. The van der Waals surface area contributed by atoms with E-state index in [0.29, 0.717) is 12.8 Å². The third-order valence-corrected chi connectivity index (χ3v) is 20.2. The summed E-state index contributed by atoms with van der Waals surface area (Å²) in [5, 5.41) is 181. The molecule has 27 atom stereocenters. The fraction of sp³-hybridized carbons (Fsp3) is 0.944. The highest BCUT2D eigenvalue weighted by Gasteiger charge is 2.57. The van der Waals surface area contributed by atoms with Crippen LogP contribution in [0.15, 0.2) is 12.2 Å². The molecule has 18 N–H and O–H groups in total. The van der Waals surface area contributed by atoms with Crippen molar-refractivity contribution in [2.45, 2.75) is 392 Å². The van der Waals surface area contributed by atoms with Crippen LogP contribution in [0, 0.1) is 0 Å². The van der Waals surface area contributed by atoms with Crippen LogP contribution in [0.1, 0.15) is 226 Å². The Hall–Kier alpha value is -2.36. The van der Waals surface area contributed by atoms with Gasteiger partial charge in [0, 0.05) is 13.3 Å². The summed E-state index contributed by atoms with van der Waals surface area (Å²) in [5.41, 5.74) is 0. The highest BCUT2D eigenvalue weighted by atomic mass is 16.8. The molecule has 0 radical (unpaired) electrons. The van der Waals surface area contributed by atoms with Crippen LogP contribution >= 0.6 is 0 Å². The van der Waals surface area contributed by atoms with Crippen LogP contribution in [-0.4, -0.2) is 299 Å². The minimum absolute atomic E-state index is 0.192. The molecule has 0 aliphatic carbocycles. The van der Waals surface area contributed by atoms with Crippen LogP contribution in [-0.2, 0) is 57.0 Å². The van der Waals surface area contributed by atoms with E-state index in [-0.39, 0.29) is 12.3 Å². The Morgan fingerprint density at radius 2 is 0.725 bits per heavy atom. The molecule has 0 spiro atoms. The smallest absolute Gasteiger partial charge is 0.220 e. The van der Waals surface area contributed by atoms with Gasteiger partial charge in [-0.05, 0) is 19.3 Å². The average molecular weight is 1470 g/mol. The van der Waals surface area contributed by atoms with Gasteiger partial charge in [0.15, 0.2) is 31.5 Å². The Labute approximate surface area is 602 Å². The van der Waals surface area contributed by atoms with Crippen LogP contribution in [0.4, 0.5) is 0 Å². The van der Waals surface area contributed by atoms with Gasteiger partial charge in [-0.15, -0.1) is 0 Å². The second-order valence-electron chi connectivity index (χ2n) is 28.5. The molecule has 30 nitrogen and oxygen atoms in total. The SMILES string of the molecule is CCCCCCCCCCCCC/C=C/[C@@H](O)[C@H](CO[C@@H]1OC(CO)[C@@H](O[C@@H]2OC(CO)[C@H](O)[C@H](O[C@H]3OC(CO)[C@H](O)[C@H](O[C@@H]4OC(CO)[C@@H](O[C@@H]5OC(CO)[C@H](O)[C@H](O)C5O)[C@H](O)C4NC(C)=O)C3O)C2O)[C@H](O)C1O)NC(=O)CCCCCCCCCCCCCCCCCCCCC. The average Bonchev–Trinajstić information content (AvgIpc) is 0.774. The predicted octanol–water partition coefficient (Wildman–Crippen LogP) is 1.17. The van der Waals surface area contributed by atoms with E-state index in [1.54, 1.807) is 6.08 Å². The number of hydrogen-bond acceptors (Lipinski definition) is 28. The molecule has 598 valence electrons. The van der Waals surface area contributed by atoms with Crippen LogP contribution in [0.3, 0.4) is 0 Å². The van der Waals surface area contributed by atoms with Crippen LogP contribution < -0.4 is 10.6 Å². The maximum absolute atomic E-state index is 13.5. The van der Waals surface area contributed by atoms with Crippen molar-refractivity contribution in [3.05, 3.63) is 12.2 Å². The molecule has 30 heteroatoms. The highest BCUT2D eigenvalue weighted by Crippen LogP contribution is 2.37. The van der Waals surface area contributed by atoms with Gasteiger partial charge in [-0.2, -0.15) is 0 Å². The first-order valence-corrected chi connectivity index (χ1v) is 38.5. The van der Waals surface area contributed by atoms with E-state index in [1.165, 1.54) is 135 Å². The zero-order valence-corrected chi connectivity index (χ0v) is 60.7. The van der Waals surface area contributed by atoms with Gasteiger partial charge in [0.2, 0.25) is 11.8 Å². The van der Waals surface area contributed by atoms with Crippen molar-refractivity contribution in [1.29, 1.82) is 0 Å². The van der Waals surface area contributed by atoms with Crippen molar-refractivity contribution in [1.82, 2.24) is 10.6 Å². The third-order valence-electron chi connectivity index (χ3n) is 20.2. The van der Waals surface area contributed by atoms with Crippen molar-refractivity contribution >= 4 is 11.8 Å². The fourth-order valence-corrected chi connectivity index (χ4v) is 13.9. The molecule has 5 aliphatic rings. The lowest BCUT2D eigenvalue weighted by Crippen LogP contribution is -2.70. The van der Waals surface area contributed by atoms with Gasteiger partial charge in [0.25, 0.3) is 0 Å². The molecule has 10 unspecified atom stereocenters. The van der Waals surface area contributed by atoms with Gasteiger partial charge in [0.05, 0.1) is 51.8 Å². The number of aliphatic hydroxyl groups is 16. The number of allylic oxidation sites excluding steroid dienone is 1. The minimum Gasteiger partial charge on any atom is -0.394 e. The minimum atomic E-state index is -2.21. The molecule has 5 rings (SSSR count). The second-order valence-corrected chi connectivity index (χ2v) is 28.5. The number of hydrogen-bond donors (Lipinski definition) is 18. The summed E-state index contributed by atoms with van der Waals surface area (Å²) in [6, 6.07) is -2.77. The number of carbonyl (C=O) groups is 2. The first kappa shape index (κ1) is 90.3. The normalized spacial score (nSPS) is 35.2. The molecule has 5 saturated heterocycles. The summed E-state index contributed by atoms with van der Waals surface area (Å²) in [6.45, 7) is 0.356. The van der Waals surface area contributed by atoms with Gasteiger partial charge in [-0.1, -0.05) is 206 Å². The second kappa shape index (κ2) is 50.4. The summed E-state index contributed by atoms with van der Waals surface area (Å²) < 4.78 is 58.3. The number of rotatable bonds is 52. The topological polar surface area (TPSA) is 474 Å².